The number of nitro benzene ring substituents is 1. The van der Waals surface area contributed by atoms with Crippen molar-refractivity contribution in [1.82, 2.24) is 0 Å². The lowest BCUT2D eigenvalue weighted by molar-refractivity contribution is -0.384. The minimum Gasteiger partial charge on any atom is -0.326 e. The minimum atomic E-state index is -0.504. The van der Waals surface area contributed by atoms with Gasteiger partial charge in [0, 0.05) is 36.5 Å². The Morgan fingerprint density at radius 3 is 2.04 bits per heavy atom. The van der Waals surface area contributed by atoms with Crippen LogP contribution in [0.5, 0.6) is 0 Å². The van der Waals surface area contributed by atoms with Crippen molar-refractivity contribution in [1.29, 1.82) is 0 Å². The first kappa shape index (κ1) is 16.9. The van der Waals surface area contributed by atoms with Crippen molar-refractivity contribution >= 4 is 35.0 Å². The lowest BCUT2D eigenvalue weighted by Gasteiger charge is -2.02. The fraction of sp³-hybridized carbons (Fsp3) is 0.0588. The fourth-order valence-electron chi connectivity index (χ4n) is 1.90. The third-order valence-corrected chi connectivity index (χ3v) is 3.00. The zero-order valence-corrected chi connectivity index (χ0v) is 12.9. The van der Waals surface area contributed by atoms with Gasteiger partial charge in [0.1, 0.15) is 0 Å². The normalized spacial score (nSPS) is 10.4. The Hall–Kier alpha value is -3.48. The summed E-state index contributed by atoms with van der Waals surface area (Å²) < 4.78 is 0. The zero-order chi connectivity index (χ0) is 17.5. The summed E-state index contributed by atoms with van der Waals surface area (Å²) in [5.41, 5.74) is 1.90. The van der Waals surface area contributed by atoms with Gasteiger partial charge >= 0.3 is 0 Å². The topological polar surface area (TPSA) is 101 Å². The average Bonchev–Trinajstić information content (AvgIpc) is 2.54. The maximum absolute atomic E-state index is 11.8. The molecular weight excluding hydrogens is 310 g/mol. The largest absolute Gasteiger partial charge is 0.326 e. The van der Waals surface area contributed by atoms with E-state index in [1.54, 1.807) is 30.3 Å². The molecule has 0 aliphatic carbocycles. The molecule has 0 aliphatic heterocycles. The predicted molar refractivity (Wildman–Crippen MR) is 91.5 cm³/mol. The van der Waals surface area contributed by atoms with Gasteiger partial charge in [0.2, 0.25) is 11.8 Å². The second-order valence-electron chi connectivity index (χ2n) is 4.93. The summed E-state index contributed by atoms with van der Waals surface area (Å²) in [7, 11) is 0. The number of hydrogen-bond donors (Lipinski definition) is 2. The number of nitrogens with one attached hydrogen (secondary N) is 2. The van der Waals surface area contributed by atoms with E-state index in [0.29, 0.717) is 11.4 Å². The monoisotopic (exact) mass is 325 g/mol. The number of nitro groups is 1. The summed E-state index contributed by atoms with van der Waals surface area (Å²) in [6, 6.07) is 12.6. The molecule has 2 rings (SSSR count). The maximum Gasteiger partial charge on any atom is 0.269 e. The maximum atomic E-state index is 11.8. The Labute approximate surface area is 138 Å². The number of amides is 2. The minimum absolute atomic E-state index is 0.0391. The summed E-state index contributed by atoms with van der Waals surface area (Å²) in [6.45, 7) is 1.43. The molecule has 24 heavy (non-hydrogen) atoms. The highest BCUT2D eigenvalue weighted by atomic mass is 16.6. The van der Waals surface area contributed by atoms with E-state index in [-0.39, 0.29) is 17.5 Å². The number of non-ortho nitro benzene ring substituents is 1. The molecule has 0 spiro atoms. The fourth-order valence-corrected chi connectivity index (χ4v) is 1.90. The molecule has 0 atom stereocenters. The van der Waals surface area contributed by atoms with Gasteiger partial charge in [-0.05, 0) is 35.9 Å². The van der Waals surface area contributed by atoms with Gasteiger partial charge in [-0.25, -0.2) is 0 Å². The molecule has 0 bridgehead atoms. The SMILES string of the molecule is CC(=O)Nc1ccc(/C=C/C(=O)Nc2ccc([N+](=O)[O-])cc2)cc1. The molecule has 2 N–H and O–H groups in total. The Bertz CT molecular complexity index is 780. The Morgan fingerprint density at radius 1 is 0.958 bits per heavy atom. The summed E-state index contributed by atoms with van der Waals surface area (Å²) >= 11 is 0. The summed E-state index contributed by atoms with van der Waals surface area (Å²) in [4.78, 5) is 32.8. The van der Waals surface area contributed by atoms with E-state index in [1.165, 1.54) is 37.3 Å². The highest BCUT2D eigenvalue weighted by Crippen LogP contribution is 2.15. The molecule has 0 unspecified atom stereocenters. The van der Waals surface area contributed by atoms with E-state index in [0.717, 1.165) is 5.56 Å². The molecule has 7 nitrogen and oxygen atoms in total. The number of carbonyl (C=O) groups excluding carboxylic acids is 2. The van der Waals surface area contributed by atoms with Crippen LogP contribution in [0.25, 0.3) is 6.08 Å². The van der Waals surface area contributed by atoms with Crippen LogP contribution < -0.4 is 10.6 Å². The van der Waals surface area contributed by atoms with E-state index in [4.69, 9.17) is 0 Å². The van der Waals surface area contributed by atoms with Crippen molar-refractivity contribution in [3.05, 3.63) is 70.3 Å². The molecule has 2 aromatic rings. The van der Waals surface area contributed by atoms with Gasteiger partial charge in [-0.2, -0.15) is 0 Å². The van der Waals surface area contributed by atoms with Gasteiger partial charge in [0.05, 0.1) is 4.92 Å². The molecule has 2 aromatic carbocycles. The van der Waals surface area contributed by atoms with Crippen LogP contribution in [-0.2, 0) is 9.59 Å². The van der Waals surface area contributed by atoms with Crippen molar-refractivity contribution in [2.45, 2.75) is 6.92 Å². The second kappa shape index (κ2) is 7.68. The van der Waals surface area contributed by atoms with Gasteiger partial charge in [-0.1, -0.05) is 12.1 Å². The van der Waals surface area contributed by atoms with Gasteiger partial charge in [-0.3, -0.25) is 19.7 Å². The quantitative estimate of drug-likeness (QED) is 0.500. The third-order valence-electron chi connectivity index (χ3n) is 3.00. The summed E-state index contributed by atoms with van der Waals surface area (Å²) in [6.07, 6.45) is 2.98. The van der Waals surface area contributed by atoms with Crippen LogP contribution in [0.15, 0.2) is 54.6 Å². The van der Waals surface area contributed by atoms with Gasteiger partial charge in [-0.15, -0.1) is 0 Å². The second-order valence-corrected chi connectivity index (χ2v) is 4.93. The van der Waals surface area contributed by atoms with Gasteiger partial charge < -0.3 is 10.6 Å². The molecule has 0 aliphatic rings. The first-order valence-electron chi connectivity index (χ1n) is 7.05. The molecule has 0 aromatic heterocycles. The first-order valence-corrected chi connectivity index (χ1v) is 7.05. The van der Waals surface area contributed by atoms with E-state index in [9.17, 15) is 19.7 Å². The van der Waals surface area contributed by atoms with Crippen molar-refractivity contribution in [2.75, 3.05) is 10.6 Å². The standard InChI is InChI=1S/C17H15N3O4/c1-12(21)18-14-5-2-13(3-6-14)4-11-17(22)19-15-7-9-16(10-8-15)20(23)24/h2-11H,1H3,(H,18,21)(H,19,22)/b11-4+. The lowest BCUT2D eigenvalue weighted by atomic mass is 10.2. The highest BCUT2D eigenvalue weighted by Gasteiger charge is 2.04. The van der Waals surface area contributed by atoms with Crippen LogP contribution in [0, 0.1) is 10.1 Å². The van der Waals surface area contributed by atoms with Crippen molar-refractivity contribution in [3.63, 3.8) is 0 Å². The van der Waals surface area contributed by atoms with E-state index in [1.807, 2.05) is 0 Å². The van der Waals surface area contributed by atoms with E-state index >= 15 is 0 Å². The number of nitrogens with zero attached hydrogens (tertiary/aromatic N) is 1. The molecule has 0 radical (unpaired) electrons. The Kier molecular flexibility index (Phi) is 5.40. The molecule has 0 heterocycles. The van der Waals surface area contributed by atoms with Crippen molar-refractivity contribution in [2.24, 2.45) is 0 Å². The third kappa shape index (κ3) is 5.06. The molecule has 122 valence electrons. The molecule has 2 amide bonds. The predicted octanol–water partition coefficient (Wildman–Crippen LogP) is 3.21. The number of rotatable bonds is 5. The van der Waals surface area contributed by atoms with Crippen LogP contribution in [0.2, 0.25) is 0 Å². The van der Waals surface area contributed by atoms with Crippen LogP contribution >= 0.6 is 0 Å². The number of hydrogen-bond acceptors (Lipinski definition) is 4. The Morgan fingerprint density at radius 2 is 1.50 bits per heavy atom. The lowest BCUT2D eigenvalue weighted by Crippen LogP contribution is -2.07. The van der Waals surface area contributed by atoms with E-state index < -0.39 is 4.92 Å². The van der Waals surface area contributed by atoms with Gasteiger partial charge in [0.15, 0.2) is 0 Å². The molecule has 0 saturated carbocycles. The molecule has 0 fully saturated rings. The van der Waals surface area contributed by atoms with Crippen LogP contribution in [0.4, 0.5) is 17.1 Å². The van der Waals surface area contributed by atoms with Crippen LogP contribution in [-0.4, -0.2) is 16.7 Å². The smallest absolute Gasteiger partial charge is 0.269 e. The average molecular weight is 325 g/mol. The van der Waals surface area contributed by atoms with Crippen LogP contribution in [0.1, 0.15) is 12.5 Å². The van der Waals surface area contributed by atoms with Gasteiger partial charge in [0.25, 0.3) is 5.69 Å². The first-order chi connectivity index (χ1) is 11.4. The molecule has 0 saturated heterocycles. The zero-order valence-electron chi connectivity index (χ0n) is 12.9. The molecule has 7 heteroatoms. The van der Waals surface area contributed by atoms with E-state index in [2.05, 4.69) is 10.6 Å². The highest BCUT2D eigenvalue weighted by molar-refractivity contribution is 6.02. The van der Waals surface area contributed by atoms with Crippen molar-refractivity contribution < 1.29 is 14.5 Å². The summed E-state index contributed by atoms with van der Waals surface area (Å²) in [5, 5.41) is 15.8. The number of benzene rings is 2. The summed E-state index contributed by atoms with van der Waals surface area (Å²) in [5.74, 6) is -0.504. The van der Waals surface area contributed by atoms with Crippen molar-refractivity contribution in [3.8, 4) is 0 Å². The Balaban J connectivity index is 1.94. The molecular formula is C17H15N3O4. The number of carbonyl (C=O) groups is 2. The number of anilines is 2. The van der Waals surface area contributed by atoms with Crippen LogP contribution in [0.3, 0.4) is 0 Å².